The highest BCUT2D eigenvalue weighted by Gasteiger charge is 2.35. The summed E-state index contributed by atoms with van der Waals surface area (Å²) in [5.41, 5.74) is 0. The quantitative estimate of drug-likeness (QED) is 0.570. The molecule has 5 nitrogen and oxygen atoms in total. The number of thioether (sulfide) groups is 1. The van der Waals surface area contributed by atoms with Gasteiger partial charge in [0.05, 0.1) is 14.2 Å². The highest BCUT2D eigenvalue weighted by atomic mass is 32.2. The number of esters is 2. The molecule has 6 heteroatoms. The molecule has 0 heterocycles. The standard InChI is InChI=1S/C13H22O5S/c1-8(7-9(14)19-13(2,3)4)10(11(15)17-5)12(16)18-6/h8,10H,7H2,1-6H3/t8-/m1/s1. The van der Waals surface area contributed by atoms with Gasteiger partial charge in [-0.05, 0) is 5.92 Å². The van der Waals surface area contributed by atoms with Crippen molar-refractivity contribution in [2.75, 3.05) is 14.2 Å². The Bertz CT molecular complexity index is 329. The lowest BCUT2D eigenvalue weighted by Crippen LogP contribution is -2.33. The third kappa shape index (κ3) is 6.61. The molecule has 0 bridgehead atoms. The number of ether oxygens (including phenoxy) is 2. The molecule has 0 radical (unpaired) electrons. The van der Waals surface area contributed by atoms with Crippen molar-refractivity contribution in [3.05, 3.63) is 0 Å². The maximum absolute atomic E-state index is 11.9. The van der Waals surface area contributed by atoms with Crippen molar-refractivity contribution in [1.29, 1.82) is 0 Å². The molecule has 110 valence electrons. The van der Waals surface area contributed by atoms with Gasteiger partial charge in [0.2, 0.25) is 0 Å². The maximum atomic E-state index is 11.9. The topological polar surface area (TPSA) is 69.7 Å². The molecule has 0 spiro atoms. The fourth-order valence-corrected chi connectivity index (χ4v) is 2.61. The van der Waals surface area contributed by atoms with Crippen LogP contribution in [0.15, 0.2) is 0 Å². The van der Waals surface area contributed by atoms with Crippen LogP contribution in [0.2, 0.25) is 0 Å². The molecule has 0 saturated heterocycles. The average Bonchev–Trinajstić information content (AvgIpc) is 2.25. The number of carbonyl (C=O) groups is 3. The van der Waals surface area contributed by atoms with E-state index in [1.165, 1.54) is 26.0 Å². The third-order valence-electron chi connectivity index (χ3n) is 2.39. The predicted octanol–water partition coefficient (Wildman–Crippen LogP) is 2.03. The second-order valence-electron chi connectivity index (χ2n) is 5.29. The summed E-state index contributed by atoms with van der Waals surface area (Å²) in [6.07, 6.45) is 0.122. The summed E-state index contributed by atoms with van der Waals surface area (Å²) < 4.78 is 8.97. The van der Waals surface area contributed by atoms with Crippen molar-refractivity contribution in [1.82, 2.24) is 0 Å². The Morgan fingerprint density at radius 3 is 1.79 bits per heavy atom. The van der Waals surface area contributed by atoms with E-state index >= 15 is 0 Å². The molecule has 0 aliphatic heterocycles. The molecule has 0 saturated carbocycles. The second kappa shape index (κ2) is 7.53. The van der Waals surface area contributed by atoms with Gasteiger partial charge < -0.3 is 9.47 Å². The lowest BCUT2D eigenvalue weighted by Gasteiger charge is -2.21. The van der Waals surface area contributed by atoms with Gasteiger partial charge in [-0.2, -0.15) is 0 Å². The first-order valence-electron chi connectivity index (χ1n) is 6.00. The van der Waals surface area contributed by atoms with E-state index in [1.807, 2.05) is 20.8 Å². The van der Waals surface area contributed by atoms with Crippen molar-refractivity contribution in [3.63, 3.8) is 0 Å². The Morgan fingerprint density at radius 2 is 1.47 bits per heavy atom. The summed E-state index contributed by atoms with van der Waals surface area (Å²) in [6, 6.07) is 0. The fraction of sp³-hybridized carbons (Fsp3) is 0.769. The molecular weight excluding hydrogens is 268 g/mol. The first-order chi connectivity index (χ1) is 8.62. The Kier molecular flexibility index (Phi) is 7.11. The van der Waals surface area contributed by atoms with Gasteiger partial charge in [-0.1, -0.05) is 39.5 Å². The van der Waals surface area contributed by atoms with Gasteiger partial charge in [0.15, 0.2) is 11.0 Å². The predicted molar refractivity (Wildman–Crippen MR) is 73.7 cm³/mol. The SMILES string of the molecule is COC(=O)C(C(=O)OC)[C@H](C)CC(=O)SC(C)(C)C. The van der Waals surface area contributed by atoms with E-state index in [4.69, 9.17) is 0 Å². The van der Waals surface area contributed by atoms with Gasteiger partial charge in [-0.15, -0.1) is 0 Å². The van der Waals surface area contributed by atoms with Crippen LogP contribution in [0.3, 0.4) is 0 Å². The molecule has 0 unspecified atom stereocenters. The first-order valence-corrected chi connectivity index (χ1v) is 6.81. The van der Waals surface area contributed by atoms with Gasteiger partial charge >= 0.3 is 11.9 Å². The molecular formula is C13H22O5S. The van der Waals surface area contributed by atoms with E-state index < -0.39 is 23.8 Å². The molecule has 19 heavy (non-hydrogen) atoms. The molecule has 0 fully saturated rings. The van der Waals surface area contributed by atoms with E-state index in [-0.39, 0.29) is 16.3 Å². The maximum Gasteiger partial charge on any atom is 0.320 e. The lowest BCUT2D eigenvalue weighted by molar-refractivity contribution is -0.161. The van der Waals surface area contributed by atoms with E-state index in [1.54, 1.807) is 6.92 Å². The van der Waals surface area contributed by atoms with Gasteiger partial charge in [0.25, 0.3) is 0 Å². The van der Waals surface area contributed by atoms with E-state index in [2.05, 4.69) is 9.47 Å². The molecule has 0 aliphatic rings. The summed E-state index contributed by atoms with van der Waals surface area (Å²) in [5, 5.41) is -0.0576. The number of carbonyl (C=O) groups excluding carboxylic acids is 3. The van der Waals surface area contributed by atoms with Crippen LogP contribution in [0.4, 0.5) is 0 Å². The minimum Gasteiger partial charge on any atom is -0.468 e. The number of methoxy groups -OCH3 is 2. The fourth-order valence-electron chi connectivity index (χ4n) is 1.58. The highest BCUT2D eigenvalue weighted by Crippen LogP contribution is 2.29. The van der Waals surface area contributed by atoms with E-state index in [0.717, 1.165) is 0 Å². The van der Waals surface area contributed by atoms with Crippen LogP contribution >= 0.6 is 11.8 Å². The Morgan fingerprint density at radius 1 is 1.05 bits per heavy atom. The van der Waals surface area contributed by atoms with Gasteiger partial charge in [-0.25, -0.2) is 0 Å². The van der Waals surface area contributed by atoms with E-state index in [0.29, 0.717) is 0 Å². The molecule has 0 amide bonds. The Labute approximate surface area is 118 Å². The van der Waals surface area contributed by atoms with Crippen LogP contribution < -0.4 is 0 Å². The average molecular weight is 290 g/mol. The largest absolute Gasteiger partial charge is 0.468 e. The van der Waals surface area contributed by atoms with Crippen LogP contribution in [0.25, 0.3) is 0 Å². The van der Waals surface area contributed by atoms with Crippen molar-refractivity contribution in [2.45, 2.75) is 38.9 Å². The molecule has 0 aliphatic carbocycles. The zero-order chi connectivity index (χ0) is 15.2. The molecule has 0 aromatic rings. The smallest absolute Gasteiger partial charge is 0.320 e. The third-order valence-corrected chi connectivity index (χ3v) is 3.39. The summed E-state index contributed by atoms with van der Waals surface area (Å²) in [4.78, 5) is 35.0. The normalized spacial score (nSPS) is 13.0. The molecule has 0 N–H and O–H groups in total. The van der Waals surface area contributed by atoms with Gasteiger partial charge in [0, 0.05) is 11.2 Å². The summed E-state index contributed by atoms with van der Waals surface area (Å²) in [7, 11) is 2.41. The monoisotopic (exact) mass is 290 g/mol. The Hall–Kier alpha value is -1.04. The summed E-state index contributed by atoms with van der Waals surface area (Å²) in [6.45, 7) is 7.45. The summed E-state index contributed by atoms with van der Waals surface area (Å²) in [5.74, 6) is -2.86. The highest BCUT2D eigenvalue weighted by molar-refractivity contribution is 8.14. The first kappa shape index (κ1) is 18.0. The number of hydrogen-bond donors (Lipinski definition) is 0. The van der Waals surface area contributed by atoms with Crippen molar-refractivity contribution in [3.8, 4) is 0 Å². The second-order valence-corrected chi connectivity index (χ2v) is 7.18. The zero-order valence-corrected chi connectivity index (χ0v) is 13.1. The van der Waals surface area contributed by atoms with Crippen LogP contribution in [0.5, 0.6) is 0 Å². The zero-order valence-electron chi connectivity index (χ0n) is 12.3. The van der Waals surface area contributed by atoms with E-state index in [9.17, 15) is 14.4 Å². The van der Waals surface area contributed by atoms with Crippen molar-refractivity contribution in [2.24, 2.45) is 11.8 Å². The molecule has 0 aromatic heterocycles. The molecule has 1 atom stereocenters. The van der Waals surface area contributed by atoms with Crippen LogP contribution in [0, 0.1) is 11.8 Å². The van der Waals surface area contributed by atoms with Gasteiger partial charge in [-0.3, -0.25) is 14.4 Å². The summed E-state index contributed by atoms with van der Waals surface area (Å²) >= 11 is 1.20. The van der Waals surface area contributed by atoms with Crippen LogP contribution in [-0.2, 0) is 23.9 Å². The minimum atomic E-state index is -1.06. The van der Waals surface area contributed by atoms with Crippen LogP contribution in [0.1, 0.15) is 34.1 Å². The van der Waals surface area contributed by atoms with Crippen molar-refractivity contribution < 1.29 is 23.9 Å². The molecule has 0 rings (SSSR count). The minimum absolute atomic E-state index is 0.0576. The number of rotatable bonds is 5. The molecule has 0 aromatic carbocycles. The number of hydrogen-bond acceptors (Lipinski definition) is 6. The van der Waals surface area contributed by atoms with Crippen LogP contribution in [-0.4, -0.2) is 36.0 Å². The van der Waals surface area contributed by atoms with Gasteiger partial charge in [0.1, 0.15) is 0 Å². The van der Waals surface area contributed by atoms with Crippen molar-refractivity contribution >= 4 is 28.8 Å². The lowest BCUT2D eigenvalue weighted by atomic mass is 9.91. The Balaban J connectivity index is 4.74.